The van der Waals surface area contributed by atoms with E-state index >= 15 is 0 Å². The Balaban J connectivity index is 1.92. The zero-order valence-corrected chi connectivity index (χ0v) is 11.5. The van der Waals surface area contributed by atoms with Gasteiger partial charge in [0.05, 0.1) is 18.1 Å². The van der Waals surface area contributed by atoms with Gasteiger partial charge in [-0.05, 0) is 23.8 Å². The molecule has 0 unspecified atom stereocenters. The number of alkyl halides is 1. The summed E-state index contributed by atoms with van der Waals surface area (Å²) >= 11 is 5.44. The largest absolute Gasteiger partial charge is 0.493 e. The van der Waals surface area contributed by atoms with Crippen LogP contribution in [-0.2, 0) is 6.42 Å². The predicted octanol–water partition coefficient (Wildman–Crippen LogP) is 3.43. The highest BCUT2D eigenvalue weighted by Crippen LogP contribution is 2.16. The van der Waals surface area contributed by atoms with Crippen LogP contribution >= 0.6 is 11.6 Å². The fraction of sp³-hybridized carbons (Fsp3) is 0.188. The molecule has 2 rings (SSSR count). The van der Waals surface area contributed by atoms with Gasteiger partial charge in [-0.3, -0.25) is 4.98 Å². The van der Waals surface area contributed by atoms with E-state index in [0.29, 0.717) is 17.9 Å². The molecule has 1 heterocycles. The monoisotopic (exact) mass is 289 g/mol. The van der Waals surface area contributed by atoms with Crippen LogP contribution in [0.15, 0.2) is 42.7 Å². The molecule has 1 aromatic carbocycles. The van der Waals surface area contributed by atoms with Gasteiger partial charge in [-0.1, -0.05) is 17.9 Å². The fourth-order valence-electron chi connectivity index (χ4n) is 1.65. The number of benzene rings is 1. The lowest BCUT2D eigenvalue weighted by atomic mass is 10.2. The second-order valence-electron chi connectivity index (χ2n) is 4.04. The quantitative estimate of drug-likeness (QED) is 0.635. The predicted molar refractivity (Wildman–Crippen MR) is 77.4 cm³/mol. The molecule has 102 valence electrons. The van der Waals surface area contributed by atoms with Crippen LogP contribution in [0.25, 0.3) is 0 Å². The Morgan fingerprint density at radius 3 is 2.90 bits per heavy atom. The average Bonchev–Trinajstić information content (AvgIpc) is 2.47. The molecule has 0 spiro atoms. The van der Waals surface area contributed by atoms with Gasteiger partial charge in [0.1, 0.15) is 11.6 Å². The van der Waals surface area contributed by atoms with Gasteiger partial charge >= 0.3 is 0 Å². The van der Waals surface area contributed by atoms with E-state index < -0.39 is 5.82 Å². The van der Waals surface area contributed by atoms with Crippen molar-refractivity contribution in [3.05, 3.63) is 59.7 Å². The molecular weight excluding hydrogens is 277 g/mol. The topological polar surface area (TPSA) is 22.1 Å². The van der Waals surface area contributed by atoms with Crippen molar-refractivity contribution < 1.29 is 9.13 Å². The van der Waals surface area contributed by atoms with Crippen molar-refractivity contribution in [2.24, 2.45) is 0 Å². The minimum atomic E-state index is -0.401. The van der Waals surface area contributed by atoms with Gasteiger partial charge in [-0.2, -0.15) is 0 Å². The Morgan fingerprint density at radius 2 is 2.20 bits per heavy atom. The van der Waals surface area contributed by atoms with Crippen molar-refractivity contribution in [3.63, 3.8) is 0 Å². The van der Waals surface area contributed by atoms with E-state index in [1.807, 2.05) is 12.1 Å². The lowest BCUT2D eigenvalue weighted by molar-refractivity contribution is 0.320. The minimum absolute atomic E-state index is 0.183. The summed E-state index contributed by atoms with van der Waals surface area (Å²) in [6, 6.07) is 8.47. The van der Waals surface area contributed by atoms with Crippen LogP contribution in [0, 0.1) is 17.7 Å². The van der Waals surface area contributed by atoms with Gasteiger partial charge in [0, 0.05) is 24.9 Å². The summed E-state index contributed by atoms with van der Waals surface area (Å²) in [5.41, 5.74) is 1.41. The maximum Gasteiger partial charge on any atom is 0.142 e. The zero-order chi connectivity index (χ0) is 14.2. The van der Waals surface area contributed by atoms with Crippen LogP contribution in [0.2, 0.25) is 0 Å². The lowest BCUT2D eigenvalue weighted by Gasteiger charge is -2.06. The maximum absolute atomic E-state index is 13.7. The molecule has 20 heavy (non-hydrogen) atoms. The Kier molecular flexibility index (Phi) is 5.40. The molecule has 0 radical (unpaired) electrons. The number of rotatable bonds is 4. The van der Waals surface area contributed by atoms with Gasteiger partial charge in [-0.25, -0.2) is 4.39 Å². The van der Waals surface area contributed by atoms with Crippen LogP contribution in [0.5, 0.6) is 5.75 Å². The third-order valence-electron chi connectivity index (χ3n) is 2.61. The highest BCUT2D eigenvalue weighted by atomic mass is 35.5. The molecule has 0 saturated heterocycles. The molecule has 0 amide bonds. The fourth-order valence-corrected chi connectivity index (χ4v) is 1.72. The number of nitrogens with zero attached hydrogens (tertiary/aromatic N) is 1. The number of halogens is 2. The first-order valence-electron chi connectivity index (χ1n) is 6.15. The summed E-state index contributed by atoms with van der Waals surface area (Å²) in [5.74, 6) is 5.54. The molecule has 0 aliphatic heterocycles. The third kappa shape index (κ3) is 4.25. The van der Waals surface area contributed by atoms with E-state index in [1.165, 1.54) is 6.07 Å². The standard InChI is InChI=1S/C16H13ClFNO/c17-8-1-4-14-5-6-15(11-16(14)18)20-10-7-13-3-2-9-19-12-13/h2-3,5-6,9,11-12H,7-8,10H2. The van der Waals surface area contributed by atoms with E-state index in [2.05, 4.69) is 16.8 Å². The van der Waals surface area contributed by atoms with E-state index in [4.69, 9.17) is 16.3 Å². The summed E-state index contributed by atoms with van der Waals surface area (Å²) in [6.07, 6.45) is 4.23. The summed E-state index contributed by atoms with van der Waals surface area (Å²) < 4.78 is 19.2. The van der Waals surface area contributed by atoms with Gasteiger partial charge in [0.25, 0.3) is 0 Å². The first-order valence-corrected chi connectivity index (χ1v) is 6.69. The molecule has 0 saturated carbocycles. The van der Waals surface area contributed by atoms with E-state index in [0.717, 1.165) is 12.0 Å². The van der Waals surface area contributed by atoms with Crippen LogP contribution in [0.1, 0.15) is 11.1 Å². The van der Waals surface area contributed by atoms with E-state index in [9.17, 15) is 4.39 Å². The van der Waals surface area contributed by atoms with Gasteiger partial charge in [0.2, 0.25) is 0 Å². The highest BCUT2D eigenvalue weighted by molar-refractivity contribution is 6.19. The lowest BCUT2D eigenvalue weighted by Crippen LogP contribution is -2.02. The Bertz CT molecular complexity index is 619. The number of pyridine rings is 1. The van der Waals surface area contributed by atoms with Gasteiger partial charge < -0.3 is 4.74 Å². The molecule has 0 aliphatic rings. The zero-order valence-electron chi connectivity index (χ0n) is 10.8. The van der Waals surface area contributed by atoms with Crippen LogP contribution < -0.4 is 4.74 Å². The highest BCUT2D eigenvalue weighted by Gasteiger charge is 2.02. The first-order chi connectivity index (χ1) is 9.79. The molecule has 0 fully saturated rings. The van der Waals surface area contributed by atoms with Crippen molar-refractivity contribution in [1.29, 1.82) is 0 Å². The SMILES string of the molecule is Fc1cc(OCCc2cccnc2)ccc1C#CCCl. The minimum Gasteiger partial charge on any atom is -0.493 e. The van der Waals surface area contributed by atoms with Crippen molar-refractivity contribution in [2.45, 2.75) is 6.42 Å². The van der Waals surface area contributed by atoms with Crippen LogP contribution in [0.3, 0.4) is 0 Å². The number of hydrogen-bond donors (Lipinski definition) is 0. The Hall–Kier alpha value is -2.05. The van der Waals surface area contributed by atoms with E-state index in [-0.39, 0.29) is 5.88 Å². The molecule has 0 bridgehead atoms. The van der Waals surface area contributed by atoms with Gasteiger partial charge in [-0.15, -0.1) is 11.6 Å². The van der Waals surface area contributed by atoms with E-state index in [1.54, 1.807) is 24.5 Å². The number of ether oxygens (including phenoxy) is 1. The normalized spacial score (nSPS) is 9.70. The summed E-state index contributed by atoms with van der Waals surface area (Å²) in [4.78, 5) is 4.02. The molecule has 0 N–H and O–H groups in total. The molecule has 1 aromatic heterocycles. The van der Waals surface area contributed by atoms with Crippen molar-refractivity contribution >= 4 is 11.6 Å². The molecular formula is C16H13ClFNO. The molecule has 4 heteroatoms. The molecule has 2 aromatic rings. The second kappa shape index (κ2) is 7.52. The van der Waals surface area contributed by atoms with Crippen molar-refractivity contribution in [1.82, 2.24) is 4.98 Å². The van der Waals surface area contributed by atoms with Crippen LogP contribution in [-0.4, -0.2) is 17.5 Å². The van der Waals surface area contributed by atoms with Crippen molar-refractivity contribution in [2.75, 3.05) is 12.5 Å². The number of aromatic nitrogens is 1. The van der Waals surface area contributed by atoms with Crippen molar-refractivity contribution in [3.8, 4) is 17.6 Å². The molecule has 2 nitrogen and oxygen atoms in total. The molecule has 0 atom stereocenters. The summed E-state index contributed by atoms with van der Waals surface area (Å²) in [5, 5.41) is 0. The summed E-state index contributed by atoms with van der Waals surface area (Å²) in [7, 11) is 0. The number of hydrogen-bond acceptors (Lipinski definition) is 2. The average molecular weight is 290 g/mol. The maximum atomic E-state index is 13.7. The second-order valence-corrected chi connectivity index (χ2v) is 4.30. The first kappa shape index (κ1) is 14.4. The molecule has 0 aliphatic carbocycles. The smallest absolute Gasteiger partial charge is 0.142 e. The van der Waals surface area contributed by atoms with Crippen LogP contribution in [0.4, 0.5) is 4.39 Å². The Morgan fingerprint density at radius 1 is 1.30 bits per heavy atom. The Labute approximate surface area is 122 Å². The van der Waals surface area contributed by atoms with Gasteiger partial charge in [0.15, 0.2) is 0 Å². The third-order valence-corrected chi connectivity index (χ3v) is 2.75. The summed E-state index contributed by atoms with van der Waals surface area (Å²) in [6.45, 7) is 0.470.